The van der Waals surface area contributed by atoms with Crippen molar-refractivity contribution >= 4 is 5.96 Å². The molecule has 2 unspecified atom stereocenters. The monoisotopic (exact) mass is 350 g/mol. The van der Waals surface area contributed by atoms with Crippen molar-refractivity contribution in [3.8, 4) is 0 Å². The van der Waals surface area contributed by atoms with Crippen LogP contribution in [0.15, 0.2) is 30.3 Å². The molecule has 0 aromatic rings. The highest BCUT2D eigenvalue weighted by Crippen LogP contribution is 2.17. The van der Waals surface area contributed by atoms with E-state index < -0.39 is 0 Å². The van der Waals surface area contributed by atoms with Gasteiger partial charge in [0.25, 0.3) is 0 Å². The van der Waals surface area contributed by atoms with E-state index in [0.717, 1.165) is 51.8 Å². The number of guanidine groups is 1. The summed E-state index contributed by atoms with van der Waals surface area (Å²) in [6.07, 6.45) is 5.10. The number of likely N-dealkylation sites (tertiary alicyclic amines) is 1. The van der Waals surface area contributed by atoms with Crippen LogP contribution in [0.4, 0.5) is 0 Å². The maximum atomic E-state index is 5.32. The average Bonchev–Trinajstić information content (AvgIpc) is 3.03. The molecular formula is C20H38N4O. The molecule has 1 fully saturated rings. The van der Waals surface area contributed by atoms with Crippen LogP contribution in [0.3, 0.4) is 0 Å². The predicted molar refractivity (Wildman–Crippen MR) is 108 cm³/mol. The van der Waals surface area contributed by atoms with Crippen molar-refractivity contribution in [3.63, 3.8) is 0 Å². The lowest BCUT2D eigenvalue weighted by Gasteiger charge is -2.32. The first-order valence-corrected chi connectivity index (χ1v) is 9.55. The van der Waals surface area contributed by atoms with Crippen LogP contribution in [-0.2, 0) is 4.74 Å². The minimum atomic E-state index is 0.377. The third kappa shape index (κ3) is 7.20. The molecule has 1 aliphatic heterocycles. The fourth-order valence-electron chi connectivity index (χ4n) is 3.43. The van der Waals surface area contributed by atoms with Crippen LogP contribution in [0, 0.1) is 11.8 Å². The Morgan fingerprint density at radius 3 is 2.56 bits per heavy atom. The zero-order chi connectivity index (χ0) is 18.7. The summed E-state index contributed by atoms with van der Waals surface area (Å²) in [5, 5.41) is 3.46. The molecule has 0 spiro atoms. The molecule has 0 amide bonds. The van der Waals surface area contributed by atoms with Gasteiger partial charge in [0.15, 0.2) is 5.96 Å². The molecule has 5 heteroatoms. The van der Waals surface area contributed by atoms with Crippen molar-refractivity contribution in [2.75, 3.05) is 53.0 Å². The van der Waals surface area contributed by atoms with Crippen LogP contribution in [0.25, 0.3) is 0 Å². The molecule has 25 heavy (non-hydrogen) atoms. The van der Waals surface area contributed by atoms with Gasteiger partial charge in [0.1, 0.15) is 0 Å². The zero-order valence-electron chi connectivity index (χ0n) is 16.7. The highest BCUT2D eigenvalue weighted by atomic mass is 16.5. The third-order valence-corrected chi connectivity index (χ3v) is 4.72. The van der Waals surface area contributed by atoms with Crippen molar-refractivity contribution < 1.29 is 4.74 Å². The molecule has 1 heterocycles. The lowest BCUT2D eigenvalue weighted by atomic mass is 10.0. The molecular weight excluding hydrogens is 312 g/mol. The van der Waals surface area contributed by atoms with Crippen LogP contribution in [0.2, 0.25) is 0 Å². The van der Waals surface area contributed by atoms with Gasteiger partial charge < -0.3 is 15.0 Å². The molecule has 0 aromatic heterocycles. The minimum absolute atomic E-state index is 0.377. The van der Waals surface area contributed by atoms with Crippen molar-refractivity contribution in [1.82, 2.24) is 15.1 Å². The molecule has 1 aliphatic rings. The van der Waals surface area contributed by atoms with E-state index in [1.54, 1.807) is 7.11 Å². The van der Waals surface area contributed by atoms with Crippen LogP contribution >= 0.6 is 0 Å². The lowest BCUT2D eigenvalue weighted by molar-refractivity contribution is 0.157. The van der Waals surface area contributed by atoms with Crippen molar-refractivity contribution in [1.29, 1.82) is 0 Å². The number of hydrogen-bond acceptors (Lipinski definition) is 3. The molecule has 1 N–H and O–H groups in total. The first kappa shape index (κ1) is 21.7. The van der Waals surface area contributed by atoms with E-state index in [4.69, 9.17) is 9.73 Å². The lowest BCUT2D eigenvalue weighted by Crippen LogP contribution is -2.44. The summed E-state index contributed by atoms with van der Waals surface area (Å²) in [4.78, 5) is 9.75. The summed E-state index contributed by atoms with van der Waals surface area (Å²) < 4.78 is 5.32. The second kappa shape index (κ2) is 12.1. The number of ether oxygens (including phenoxy) is 1. The highest BCUT2D eigenvalue weighted by molar-refractivity contribution is 5.80. The summed E-state index contributed by atoms with van der Waals surface area (Å²) in [7, 11) is 1.78. The smallest absolute Gasteiger partial charge is 0.193 e. The SMILES string of the molecule is C=CCN(CC=C)C(CN=C(NCC)N1CCC(COC)C1)C(C)C. The quantitative estimate of drug-likeness (QED) is 0.353. The molecule has 5 nitrogen and oxygen atoms in total. The zero-order valence-corrected chi connectivity index (χ0v) is 16.7. The van der Waals surface area contributed by atoms with Crippen molar-refractivity contribution in [2.45, 2.75) is 33.2 Å². The van der Waals surface area contributed by atoms with Gasteiger partial charge in [-0.15, -0.1) is 13.2 Å². The Morgan fingerprint density at radius 2 is 2.04 bits per heavy atom. The van der Waals surface area contributed by atoms with Gasteiger partial charge in [-0.3, -0.25) is 9.89 Å². The molecule has 144 valence electrons. The van der Waals surface area contributed by atoms with Gasteiger partial charge in [0.2, 0.25) is 0 Å². The van der Waals surface area contributed by atoms with Crippen LogP contribution in [0.1, 0.15) is 27.2 Å². The molecule has 0 aliphatic carbocycles. The maximum Gasteiger partial charge on any atom is 0.193 e. The number of methoxy groups -OCH3 is 1. The van der Waals surface area contributed by atoms with Crippen molar-refractivity contribution in [3.05, 3.63) is 25.3 Å². The Labute approximate surface area is 154 Å². The fourth-order valence-corrected chi connectivity index (χ4v) is 3.43. The van der Waals surface area contributed by atoms with Crippen molar-refractivity contribution in [2.24, 2.45) is 16.8 Å². The van der Waals surface area contributed by atoms with Gasteiger partial charge in [-0.05, 0) is 19.3 Å². The normalized spacial score (nSPS) is 19.5. The molecule has 2 atom stereocenters. The Bertz CT molecular complexity index is 412. The first-order chi connectivity index (χ1) is 12.1. The van der Waals surface area contributed by atoms with Crippen LogP contribution in [0.5, 0.6) is 0 Å². The number of rotatable bonds is 11. The van der Waals surface area contributed by atoms with Gasteiger partial charge in [0, 0.05) is 51.8 Å². The van der Waals surface area contributed by atoms with E-state index in [0.29, 0.717) is 17.9 Å². The second-order valence-electron chi connectivity index (χ2n) is 7.09. The number of aliphatic imine (C=N–C) groups is 1. The molecule has 1 saturated heterocycles. The van der Waals surface area contributed by atoms with Gasteiger partial charge in [-0.2, -0.15) is 0 Å². The largest absolute Gasteiger partial charge is 0.384 e. The van der Waals surface area contributed by atoms with E-state index in [9.17, 15) is 0 Å². The molecule has 1 rings (SSSR count). The minimum Gasteiger partial charge on any atom is -0.384 e. The van der Waals surface area contributed by atoms with Crippen LogP contribution < -0.4 is 5.32 Å². The third-order valence-electron chi connectivity index (χ3n) is 4.72. The van der Waals surface area contributed by atoms with E-state index in [2.05, 4.69) is 49.0 Å². The fraction of sp³-hybridized carbons (Fsp3) is 0.750. The second-order valence-corrected chi connectivity index (χ2v) is 7.09. The Hall–Kier alpha value is -1.33. The highest BCUT2D eigenvalue weighted by Gasteiger charge is 2.26. The molecule has 0 bridgehead atoms. The van der Waals surface area contributed by atoms with Crippen LogP contribution in [-0.4, -0.2) is 74.8 Å². The average molecular weight is 351 g/mol. The summed E-state index contributed by atoms with van der Waals surface area (Å²) >= 11 is 0. The predicted octanol–water partition coefficient (Wildman–Crippen LogP) is 2.62. The van der Waals surface area contributed by atoms with E-state index in [1.165, 1.54) is 6.42 Å². The summed E-state index contributed by atoms with van der Waals surface area (Å²) in [6, 6.07) is 0.377. The summed E-state index contributed by atoms with van der Waals surface area (Å²) in [5.41, 5.74) is 0. The number of nitrogens with one attached hydrogen (secondary N) is 1. The summed E-state index contributed by atoms with van der Waals surface area (Å²) in [6.45, 7) is 20.7. The Morgan fingerprint density at radius 1 is 1.36 bits per heavy atom. The maximum absolute atomic E-state index is 5.32. The van der Waals surface area contributed by atoms with Gasteiger partial charge in [0.05, 0.1) is 13.2 Å². The van der Waals surface area contributed by atoms with Gasteiger partial charge in [-0.25, -0.2) is 0 Å². The first-order valence-electron chi connectivity index (χ1n) is 9.55. The van der Waals surface area contributed by atoms with E-state index in [1.807, 2.05) is 12.2 Å². The molecule has 0 saturated carbocycles. The van der Waals surface area contributed by atoms with Gasteiger partial charge in [-0.1, -0.05) is 26.0 Å². The van der Waals surface area contributed by atoms with E-state index >= 15 is 0 Å². The Balaban J connectivity index is 2.81. The Kier molecular flexibility index (Phi) is 10.5. The standard InChI is InChI=1S/C20H38N4O/c1-7-11-23(12-8-2)19(17(4)5)14-22-20(21-9-3)24-13-10-18(15-24)16-25-6/h7-8,17-19H,1-2,9-16H2,3-6H3,(H,21,22). The molecule has 0 radical (unpaired) electrons. The number of hydrogen-bond donors (Lipinski definition) is 1. The van der Waals surface area contributed by atoms with E-state index in [-0.39, 0.29) is 0 Å². The summed E-state index contributed by atoms with van der Waals surface area (Å²) in [5.74, 6) is 2.16. The molecule has 0 aromatic carbocycles. The topological polar surface area (TPSA) is 40.1 Å². The number of nitrogens with zero attached hydrogens (tertiary/aromatic N) is 3. The van der Waals surface area contributed by atoms with Gasteiger partial charge >= 0.3 is 0 Å².